The number of halogens is 2. The molecule has 0 aromatic heterocycles. The lowest BCUT2D eigenvalue weighted by Gasteiger charge is -2.38. The molecule has 2 aromatic rings. The fourth-order valence-electron chi connectivity index (χ4n) is 5.95. The Morgan fingerprint density at radius 3 is 2.32 bits per heavy atom. The van der Waals surface area contributed by atoms with Crippen molar-refractivity contribution in [3.8, 4) is 5.75 Å². The summed E-state index contributed by atoms with van der Waals surface area (Å²) in [6, 6.07) is 15.8. The summed E-state index contributed by atoms with van der Waals surface area (Å²) in [5, 5.41) is 4.01. The molecule has 0 bridgehead atoms. The topological polar surface area (TPSA) is 61.9 Å². The van der Waals surface area contributed by atoms with Crippen molar-refractivity contribution in [2.45, 2.75) is 57.5 Å². The highest BCUT2D eigenvalue weighted by atomic mass is 35.5. The summed E-state index contributed by atoms with van der Waals surface area (Å²) >= 11 is 6.11. The Balaban J connectivity index is 0.00000336. The highest BCUT2D eigenvalue weighted by molar-refractivity contribution is 6.30. The summed E-state index contributed by atoms with van der Waals surface area (Å²) in [7, 11) is 1.67. The summed E-state index contributed by atoms with van der Waals surface area (Å²) in [5.74, 6) is 1.49. The normalized spacial score (nSPS) is 20.1. The number of carbonyl (C=O) groups excluding carboxylic acids is 2. The third-order valence-corrected chi connectivity index (χ3v) is 9.00. The highest BCUT2D eigenvalue weighted by Crippen LogP contribution is 2.42. The monoisotopic (exact) mass is 559 g/mol. The number of piperidine rings is 1. The lowest BCUT2D eigenvalue weighted by molar-refractivity contribution is -0.139. The molecule has 0 radical (unpaired) electrons. The molecule has 2 saturated heterocycles. The van der Waals surface area contributed by atoms with E-state index in [1.165, 1.54) is 0 Å². The maximum absolute atomic E-state index is 13.4. The fraction of sp³-hybridized carbons (Fsp3) is 0.533. The minimum atomic E-state index is -0.211. The molecule has 1 aliphatic carbocycles. The first-order chi connectivity index (χ1) is 18.0. The second-order valence-electron chi connectivity index (χ2n) is 11.0. The summed E-state index contributed by atoms with van der Waals surface area (Å²) in [5.41, 5.74) is 2.03. The number of nitrogens with zero attached hydrogens (tertiary/aromatic N) is 2. The number of ether oxygens (including phenoxy) is 1. The molecule has 2 aliphatic heterocycles. The molecule has 1 spiro atoms. The van der Waals surface area contributed by atoms with E-state index in [1.54, 1.807) is 7.11 Å². The Kier molecular flexibility index (Phi) is 9.61. The summed E-state index contributed by atoms with van der Waals surface area (Å²) in [4.78, 5) is 30.7. The number of methoxy groups -OCH3 is 1. The van der Waals surface area contributed by atoms with E-state index in [0.29, 0.717) is 17.5 Å². The van der Waals surface area contributed by atoms with Crippen LogP contribution in [0.15, 0.2) is 48.5 Å². The zero-order chi connectivity index (χ0) is 25.8. The second-order valence-corrected chi connectivity index (χ2v) is 11.4. The third kappa shape index (κ3) is 6.47. The van der Waals surface area contributed by atoms with E-state index in [-0.39, 0.29) is 35.7 Å². The molecule has 3 fully saturated rings. The predicted molar refractivity (Wildman–Crippen MR) is 153 cm³/mol. The van der Waals surface area contributed by atoms with Gasteiger partial charge in [-0.3, -0.25) is 9.59 Å². The maximum atomic E-state index is 13.4. The van der Waals surface area contributed by atoms with Crippen molar-refractivity contribution in [2.24, 2.45) is 11.3 Å². The molecule has 2 amide bonds. The van der Waals surface area contributed by atoms with Gasteiger partial charge in [0.2, 0.25) is 11.8 Å². The van der Waals surface area contributed by atoms with Crippen LogP contribution in [0.4, 0.5) is 0 Å². The average molecular weight is 561 g/mol. The molecule has 206 valence electrons. The van der Waals surface area contributed by atoms with E-state index >= 15 is 0 Å². The Morgan fingerprint density at radius 2 is 1.71 bits per heavy atom. The molecule has 1 atom stereocenters. The van der Waals surface area contributed by atoms with Crippen molar-refractivity contribution in [2.75, 3.05) is 33.3 Å². The van der Waals surface area contributed by atoms with Crippen LogP contribution in [0.5, 0.6) is 5.75 Å². The molecular formula is C30H39Cl2N3O3. The van der Waals surface area contributed by atoms with Crippen molar-refractivity contribution in [1.82, 2.24) is 15.1 Å². The number of likely N-dealkylation sites (tertiary alicyclic amines) is 2. The van der Waals surface area contributed by atoms with Gasteiger partial charge in [-0.25, -0.2) is 0 Å². The van der Waals surface area contributed by atoms with Crippen molar-refractivity contribution >= 4 is 35.8 Å². The van der Waals surface area contributed by atoms with Crippen molar-refractivity contribution in [3.63, 3.8) is 0 Å². The number of rotatable bonds is 9. The average Bonchev–Trinajstić information content (AvgIpc) is 3.17. The van der Waals surface area contributed by atoms with E-state index in [1.807, 2.05) is 53.4 Å². The summed E-state index contributed by atoms with van der Waals surface area (Å²) in [6.45, 7) is 4.24. The van der Waals surface area contributed by atoms with Crippen molar-refractivity contribution < 1.29 is 14.3 Å². The SMILES string of the molecule is COc1ccc(CN2CCC3(CCN(CCC(NC(=O)C4CCC4)c4ccc(Cl)cc4)CC3)C2=O)cc1.Cl. The van der Waals surface area contributed by atoms with Gasteiger partial charge in [-0.05, 0) is 87.0 Å². The van der Waals surface area contributed by atoms with Crippen LogP contribution < -0.4 is 10.1 Å². The van der Waals surface area contributed by atoms with Gasteiger partial charge in [0.25, 0.3) is 0 Å². The molecular weight excluding hydrogens is 521 g/mol. The molecule has 8 heteroatoms. The Labute approximate surface area is 237 Å². The maximum Gasteiger partial charge on any atom is 0.229 e. The quantitative estimate of drug-likeness (QED) is 0.432. The zero-order valence-electron chi connectivity index (χ0n) is 22.2. The Morgan fingerprint density at radius 1 is 1.05 bits per heavy atom. The van der Waals surface area contributed by atoms with Crippen LogP contribution in [-0.2, 0) is 16.1 Å². The predicted octanol–water partition coefficient (Wildman–Crippen LogP) is 5.63. The molecule has 1 unspecified atom stereocenters. The zero-order valence-corrected chi connectivity index (χ0v) is 23.7. The van der Waals surface area contributed by atoms with E-state index in [4.69, 9.17) is 16.3 Å². The Bertz CT molecular complexity index is 1080. The van der Waals surface area contributed by atoms with Crippen LogP contribution >= 0.6 is 24.0 Å². The van der Waals surface area contributed by atoms with Crippen LogP contribution in [-0.4, -0.2) is 54.9 Å². The fourth-order valence-corrected chi connectivity index (χ4v) is 6.08. The number of carbonyl (C=O) groups is 2. The van der Waals surface area contributed by atoms with E-state index < -0.39 is 0 Å². The van der Waals surface area contributed by atoms with Gasteiger partial charge in [0.15, 0.2) is 0 Å². The van der Waals surface area contributed by atoms with Crippen LogP contribution in [0.25, 0.3) is 0 Å². The molecule has 1 saturated carbocycles. The van der Waals surface area contributed by atoms with Gasteiger partial charge in [0.1, 0.15) is 5.75 Å². The molecule has 38 heavy (non-hydrogen) atoms. The minimum Gasteiger partial charge on any atom is -0.497 e. The molecule has 6 nitrogen and oxygen atoms in total. The minimum absolute atomic E-state index is 0. The van der Waals surface area contributed by atoms with Crippen LogP contribution in [0, 0.1) is 11.3 Å². The van der Waals surface area contributed by atoms with Crippen molar-refractivity contribution in [1.29, 1.82) is 0 Å². The van der Waals surface area contributed by atoms with E-state index in [2.05, 4.69) is 10.2 Å². The lowest BCUT2D eigenvalue weighted by atomic mass is 9.77. The molecule has 3 aliphatic rings. The van der Waals surface area contributed by atoms with Gasteiger partial charge in [-0.15, -0.1) is 12.4 Å². The smallest absolute Gasteiger partial charge is 0.229 e. The summed E-state index contributed by atoms with van der Waals surface area (Å²) < 4.78 is 5.25. The number of nitrogens with one attached hydrogen (secondary N) is 1. The van der Waals surface area contributed by atoms with Crippen LogP contribution in [0.1, 0.15) is 62.1 Å². The molecule has 5 rings (SSSR count). The van der Waals surface area contributed by atoms with E-state index in [0.717, 1.165) is 88.0 Å². The highest BCUT2D eigenvalue weighted by Gasteiger charge is 2.47. The first kappa shape index (κ1) is 28.7. The van der Waals surface area contributed by atoms with Crippen LogP contribution in [0.3, 0.4) is 0 Å². The second kappa shape index (κ2) is 12.7. The largest absolute Gasteiger partial charge is 0.497 e. The first-order valence-electron chi connectivity index (χ1n) is 13.7. The number of hydrogen-bond acceptors (Lipinski definition) is 4. The molecule has 1 N–H and O–H groups in total. The number of benzene rings is 2. The lowest BCUT2D eigenvalue weighted by Crippen LogP contribution is -2.45. The van der Waals surface area contributed by atoms with Gasteiger partial charge in [0, 0.05) is 30.6 Å². The van der Waals surface area contributed by atoms with Crippen molar-refractivity contribution in [3.05, 3.63) is 64.7 Å². The third-order valence-electron chi connectivity index (χ3n) is 8.75. The number of amides is 2. The summed E-state index contributed by atoms with van der Waals surface area (Å²) in [6.07, 6.45) is 6.75. The van der Waals surface area contributed by atoms with Gasteiger partial charge in [-0.2, -0.15) is 0 Å². The van der Waals surface area contributed by atoms with Crippen LogP contribution in [0.2, 0.25) is 5.02 Å². The van der Waals surface area contributed by atoms with Gasteiger partial charge in [0.05, 0.1) is 18.6 Å². The Hall–Kier alpha value is -2.28. The van der Waals surface area contributed by atoms with Gasteiger partial charge < -0.3 is 19.9 Å². The van der Waals surface area contributed by atoms with Gasteiger partial charge in [-0.1, -0.05) is 42.3 Å². The molecule has 2 heterocycles. The standard InChI is InChI=1S/C30H38ClN3O3.ClH/c1-37-26-11-5-22(6-12-26)21-34-20-16-30(29(34)36)14-18-33(19-15-30)17-13-27(23-7-9-25(31)10-8-23)32-28(35)24-3-2-4-24;/h5-12,24,27H,2-4,13-21H2,1H3,(H,32,35);1H. The first-order valence-corrected chi connectivity index (χ1v) is 14.0. The van der Waals surface area contributed by atoms with E-state index in [9.17, 15) is 9.59 Å². The number of hydrogen-bond donors (Lipinski definition) is 1. The van der Waals surface area contributed by atoms with Gasteiger partial charge >= 0.3 is 0 Å². The molecule has 2 aromatic carbocycles.